The van der Waals surface area contributed by atoms with E-state index in [1.807, 2.05) is 18.7 Å². The maximum Gasteiger partial charge on any atom is 0.405 e. The highest BCUT2D eigenvalue weighted by Crippen LogP contribution is 2.39. The summed E-state index contributed by atoms with van der Waals surface area (Å²) >= 11 is 9.63. The fourth-order valence-corrected chi connectivity index (χ4v) is 4.08. The summed E-state index contributed by atoms with van der Waals surface area (Å²) in [4.78, 5) is 30.1. The molecule has 2 fully saturated rings. The Morgan fingerprint density at radius 2 is 2.23 bits per heavy atom. The first-order valence-electron chi connectivity index (χ1n) is 8.58. The molecule has 142 valence electrons. The lowest BCUT2D eigenvalue weighted by Crippen LogP contribution is -2.38. The Balaban J connectivity index is 1.87. The third-order valence-corrected chi connectivity index (χ3v) is 6.25. The number of primary amides is 1. The van der Waals surface area contributed by atoms with Gasteiger partial charge in [-0.1, -0.05) is 11.6 Å². The Morgan fingerprint density at radius 1 is 1.54 bits per heavy atom. The van der Waals surface area contributed by atoms with Crippen LogP contribution in [-0.4, -0.2) is 41.7 Å². The van der Waals surface area contributed by atoms with Gasteiger partial charge in [-0.15, -0.1) is 0 Å². The number of amides is 2. The van der Waals surface area contributed by atoms with Crippen molar-refractivity contribution in [3.8, 4) is 0 Å². The number of nitrogens with zero attached hydrogens (tertiary/aromatic N) is 2. The van der Waals surface area contributed by atoms with E-state index in [4.69, 9.17) is 22.1 Å². The van der Waals surface area contributed by atoms with Gasteiger partial charge in [0.1, 0.15) is 10.8 Å². The van der Waals surface area contributed by atoms with E-state index in [0.29, 0.717) is 41.2 Å². The number of hydrogen-bond donors (Lipinski definition) is 2. The van der Waals surface area contributed by atoms with Crippen LogP contribution in [0.3, 0.4) is 0 Å². The van der Waals surface area contributed by atoms with Gasteiger partial charge in [0.05, 0.1) is 22.3 Å². The van der Waals surface area contributed by atoms with Gasteiger partial charge in [-0.05, 0) is 48.5 Å². The van der Waals surface area contributed by atoms with Gasteiger partial charge in [0.15, 0.2) is 0 Å². The molecule has 1 aliphatic carbocycles. The fourth-order valence-electron chi connectivity index (χ4n) is 3.38. The number of anilines is 1. The van der Waals surface area contributed by atoms with Crippen LogP contribution >= 0.6 is 27.5 Å². The summed E-state index contributed by atoms with van der Waals surface area (Å²) in [5, 5.41) is 3.32. The molecular weight excluding hydrogens is 424 g/mol. The van der Waals surface area contributed by atoms with Crippen LogP contribution in [0.1, 0.15) is 43.5 Å². The van der Waals surface area contributed by atoms with Gasteiger partial charge in [-0.25, -0.2) is 9.78 Å². The average molecular weight is 446 g/mol. The highest BCUT2D eigenvalue weighted by atomic mass is 79.9. The van der Waals surface area contributed by atoms with Gasteiger partial charge in [-0.3, -0.25) is 4.79 Å². The molecule has 2 heterocycles. The monoisotopic (exact) mass is 444 g/mol. The lowest BCUT2D eigenvalue weighted by Gasteiger charge is -2.27. The molecule has 26 heavy (non-hydrogen) atoms. The number of rotatable bonds is 5. The third-order valence-electron chi connectivity index (χ3n) is 4.98. The van der Waals surface area contributed by atoms with Crippen LogP contribution in [0.5, 0.6) is 0 Å². The molecule has 1 aromatic heterocycles. The summed E-state index contributed by atoms with van der Waals surface area (Å²) < 4.78 is 5.81. The minimum atomic E-state index is -0.808. The van der Waals surface area contributed by atoms with Crippen LogP contribution in [0.2, 0.25) is 5.15 Å². The fraction of sp³-hybridized carbons (Fsp3) is 0.588. The van der Waals surface area contributed by atoms with Crippen molar-refractivity contribution in [1.29, 1.82) is 0 Å². The van der Waals surface area contributed by atoms with Gasteiger partial charge in [0.25, 0.3) is 5.91 Å². The zero-order valence-electron chi connectivity index (χ0n) is 14.7. The van der Waals surface area contributed by atoms with Crippen molar-refractivity contribution in [2.45, 2.75) is 44.8 Å². The van der Waals surface area contributed by atoms with E-state index in [0.717, 1.165) is 12.8 Å². The quantitative estimate of drug-likeness (QED) is 0.679. The van der Waals surface area contributed by atoms with E-state index < -0.39 is 11.7 Å². The molecule has 7 nitrogen and oxygen atoms in total. The molecule has 0 spiro atoms. The number of aromatic nitrogens is 1. The van der Waals surface area contributed by atoms with Crippen molar-refractivity contribution in [1.82, 2.24) is 10.3 Å². The number of hydrogen-bond acceptors (Lipinski definition) is 5. The number of halogens is 2. The topological polar surface area (TPSA) is 97.6 Å². The second-order valence-electron chi connectivity index (χ2n) is 7.27. The van der Waals surface area contributed by atoms with Crippen molar-refractivity contribution in [3.05, 3.63) is 21.4 Å². The minimum absolute atomic E-state index is 0.117. The van der Waals surface area contributed by atoms with E-state index >= 15 is 0 Å². The molecule has 0 radical (unpaired) electrons. The Kier molecular flexibility index (Phi) is 5.35. The summed E-state index contributed by atoms with van der Waals surface area (Å²) in [5.41, 5.74) is 5.56. The molecule has 2 amide bonds. The summed E-state index contributed by atoms with van der Waals surface area (Å²) in [5.74, 6) is 0.360. The second kappa shape index (κ2) is 7.23. The molecule has 1 saturated heterocycles. The van der Waals surface area contributed by atoms with Crippen molar-refractivity contribution in [2.75, 3.05) is 18.0 Å². The van der Waals surface area contributed by atoms with E-state index in [1.54, 1.807) is 0 Å². The molecule has 2 atom stereocenters. The molecule has 1 aromatic rings. The van der Waals surface area contributed by atoms with E-state index in [2.05, 4.69) is 26.2 Å². The molecule has 3 rings (SSSR count). The molecule has 2 aliphatic rings. The maximum absolute atomic E-state index is 12.8. The smallest absolute Gasteiger partial charge is 0.405 e. The van der Waals surface area contributed by atoms with E-state index in [9.17, 15) is 9.59 Å². The number of carbonyl (C=O) groups excluding carboxylic acids is 2. The first kappa shape index (κ1) is 19.2. The summed E-state index contributed by atoms with van der Waals surface area (Å²) in [6.45, 7) is 4.85. The third kappa shape index (κ3) is 4.06. The summed E-state index contributed by atoms with van der Waals surface area (Å²) in [7, 11) is 0. The molecular formula is C17H22BrClN4O3. The van der Waals surface area contributed by atoms with E-state index in [1.165, 1.54) is 6.20 Å². The van der Waals surface area contributed by atoms with E-state index in [-0.39, 0.29) is 17.1 Å². The lowest BCUT2D eigenvalue weighted by molar-refractivity contribution is 0.0480. The summed E-state index contributed by atoms with van der Waals surface area (Å²) in [6.07, 6.45) is 3.57. The lowest BCUT2D eigenvalue weighted by atomic mass is 10.1. The average Bonchev–Trinajstić information content (AvgIpc) is 3.33. The first-order valence-corrected chi connectivity index (χ1v) is 9.75. The zero-order chi connectivity index (χ0) is 19.1. The van der Waals surface area contributed by atoms with Crippen molar-refractivity contribution < 1.29 is 14.3 Å². The van der Waals surface area contributed by atoms with Crippen LogP contribution in [0.15, 0.2) is 10.7 Å². The number of carbonyl (C=O) groups is 2. The predicted octanol–water partition coefficient (Wildman–Crippen LogP) is 3.09. The Labute approximate surface area is 165 Å². The first-order chi connectivity index (χ1) is 12.2. The number of nitrogens with two attached hydrogens (primary N) is 1. The highest BCUT2D eigenvalue weighted by Gasteiger charge is 2.39. The van der Waals surface area contributed by atoms with Crippen LogP contribution in [0, 0.1) is 5.92 Å². The van der Waals surface area contributed by atoms with Gasteiger partial charge in [-0.2, -0.15) is 0 Å². The van der Waals surface area contributed by atoms with Crippen LogP contribution in [0.4, 0.5) is 10.5 Å². The van der Waals surface area contributed by atoms with Crippen LogP contribution in [-0.2, 0) is 4.74 Å². The van der Waals surface area contributed by atoms with Gasteiger partial charge in [0, 0.05) is 25.2 Å². The Morgan fingerprint density at radius 3 is 2.85 bits per heavy atom. The van der Waals surface area contributed by atoms with Crippen LogP contribution < -0.4 is 16.0 Å². The number of ether oxygens (including phenoxy) is 1. The van der Waals surface area contributed by atoms with Crippen molar-refractivity contribution >= 4 is 45.2 Å². The van der Waals surface area contributed by atoms with Gasteiger partial charge < -0.3 is 20.7 Å². The number of nitrogens with one attached hydrogen (secondary N) is 1. The molecule has 3 N–H and O–H groups in total. The Hall–Kier alpha value is -1.54. The van der Waals surface area contributed by atoms with Gasteiger partial charge >= 0.3 is 6.09 Å². The SMILES string of the molecule is CC(NC(=O)c1cnc(Cl)c(Br)c1N1CC[C@](C)(OC(N)=O)C1)C1CC1. The minimum Gasteiger partial charge on any atom is -0.441 e. The van der Waals surface area contributed by atoms with Crippen molar-refractivity contribution in [3.63, 3.8) is 0 Å². The van der Waals surface area contributed by atoms with Gasteiger partial charge in [0.2, 0.25) is 0 Å². The predicted molar refractivity (Wildman–Crippen MR) is 103 cm³/mol. The Bertz CT molecular complexity index is 743. The molecule has 1 saturated carbocycles. The highest BCUT2D eigenvalue weighted by molar-refractivity contribution is 9.10. The normalized spacial score (nSPS) is 23.6. The molecule has 9 heteroatoms. The van der Waals surface area contributed by atoms with Crippen LogP contribution in [0.25, 0.3) is 0 Å². The maximum atomic E-state index is 12.8. The standard InChI is InChI=1S/C17H22BrClN4O3/c1-9(10-3-4-10)22-15(24)11-7-21-14(19)12(18)13(11)23-6-5-17(2,8-23)26-16(20)25/h7,9-10H,3-6,8H2,1-2H3,(H2,20,25)(H,22,24)/t9?,17-/m0/s1. The molecule has 0 aromatic carbocycles. The molecule has 1 aliphatic heterocycles. The van der Waals surface area contributed by atoms with Crippen molar-refractivity contribution in [2.24, 2.45) is 11.7 Å². The largest absolute Gasteiger partial charge is 0.441 e. The summed E-state index contributed by atoms with van der Waals surface area (Å²) in [6, 6.07) is 0.117. The zero-order valence-corrected chi connectivity index (χ0v) is 17.1. The number of pyridine rings is 1. The molecule has 1 unspecified atom stereocenters. The second-order valence-corrected chi connectivity index (χ2v) is 8.42. The molecule has 0 bridgehead atoms.